The average Bonchev–Trinajstić information content (AvgIpc) is 3.09. The van der Waals surface area contributed by atoms with Crippen LogP contribution in [0.5, 0.6) is 0 Å². The number of amides is 1. The zero-order valence-corrected chi connectivity index (χ0v) is 13.7. The highest BCUT2D eigenvalue weighted by molar-refractivity contribution is 6.04. The maximum Gasteiger partial charge on any atom is 0.435 e. The number of hydrogen-bond donors (Lipinski definition) is 1. The van der Waals surface area contributed by atoms with Crippen LogP contribution in [0.1, 0.15) is 21.7 Å². The van der Waals surface area contributed by atoms with E-state index in [2.05, 4.69) is 15.4 Å². The van der Waals surface area contributed by atoms with E-state index in [0.717, 1.165) is 12.1 Å². The van der Waals surface area contributed by atoms with Crippen molar-refractivity contribution >= 4 is 11.6 Å². The first kappa shape index (κ1) is 19.4. The van der Waals surface area contributed by atoms with E-state index in [1.807, 2.05) is 0 Å². The standard InChI is InChI=1S/C17H10F6N4O/c18-16(19,20)13-9-14(17(21,22)23)27(26-13)12-3-1-10(2-4-12)15(28)25-11-5-7-24-8-6-11/h1-9H,(H,24,25,28). The summed E-state index contributed by atoms with van der Waals surface area (Å²) >= 11 is 0. The summed E-state index contributed by atoms with van der Waals surface area (Å²) in [5.41, 5.74) is -2.97. The fraction of sp³-hybridized carbons (Fsp3) is 0.118. The van der Waals surface area contributed by atoms with Gasteiger partial charge in [0.25, 0.3) is 5.91 Å². The molecule has 2 heterocycles. The second kappa shape index (κ2) is 6.98. The van der Waals surface area contributed by atoms with Gasteiger partial charge in [-0.15, -0.1) is 0 Å². The Hall–Kier alpha value is -3.37. The van der Waals surface area contributed by atoms with Gasteiger partial charge in [-0.25, -0.2) is 4.68 Å². The molecule has 2 aromatic heterocycles. The second-order valence-electron chi connectivity index (χ2n) is 5.56. The molecule has 28 heavy (non-hydrogen) atoms. The third-order valence-corrected chi connectivity index (χ3v) is 3.60. The summed E-state index contributed by atoms with van der Waals surface area (Å²) in [6, 6.07) is 7.51. The quantitative estimate of drug-likeness (QED) is 0.656. The average molecular weight is 400 g/mol. The van der Waals surface area contributed by atoms with Crippen molar-refractivity contribution in [2.24, 2.45) is 0 Å². The van der Waals surface area contributed by atoms with Crippen LogP contribution in [0.15, 0.2) is 54.9 Å². The van der Waals surface area contributed by atoms with Crippen molar-refractivity contribution in [1.82, 2.24) is 14.8 Å². The van der Waals surface area contributed by atoms with Gasteiger partial charge >= 0.3 is 12.4 Å². The smallest absolute Gasteiger partial charge is 0.322 e. The van der Waals surface area contributed by atoms with Crippen molar-refractivity contribution in [1.29, 1.82) is 0 Å². The Morgan fingerprint density at radius 3 is 2.04 bits per heavy atom. The molecule has 0 aliphatic heterocycles. The zero-order valence-electron chi connectivity index (χ0n) is 13.7. The molecule has 1 aromatic carbocycles. The van der Waals surface area contributed by atoms with Crippen molar-refractivity contribution in [2.75, 3.05) is 5.32 Å². The van der Waals surface area contributed by atoms with Crippen LogP contribution in [-0.2, 0) is 12.4 Å². The Morgan fingerprint density at radius 1 is 0.893 bits per heavy atom. The maximum atomic E-state index is 13.1. The Labute approximate surface area is 153 Å². The van der Waals surface area contributed by atoms with Crippen LogP contribution in [0.2, 0.25) is 0 Å². The topological polar surface area (TPSA) is 59.8 Å². The van der Waals surface area contributed by atoms with Crippen LogP contribution in [0.25, 0.3) is 5.69 Å². The molecule has 1 amide bonds. The molecule has 3 rings (SSSR count). The number of pyridine rings is 1. The Balaban J connectivity index is 1.91. The highest BCUT2D eigenvalue weighted by atomic mass is 19.4. The molecule has 0 radical (unpaired) electrons. The van der Waals surface area contributed by atoms with Gasteiger partial charge < -0.3 is 5.32 Å². The minimum Gasteiger partial charge on any atom is -0.322 e. The molecule has 0 aliphatic rings. The summed E-state index contributed by atoms with van der Waals surface area (Å²) < 4.78 is 77.7. The van der Waals surface area contributed by atoms with Gasteiger partial charge in [-0.1, -0.05) is 0 Å². The lowest BCUT2D eigenvalue weighted by Gasteiger charge is -2.11. The van der Waals surface area contributed by atoms with Crippen molar-refractivity contribution in [3.05, 3.63) is 71.8 Å². The molecule has 11 heteroatoms. The number of carbonyl (C=O) groups is 1. The summed E-state index contributed by atoms with van der Waals surface area (Å²) in [5.74, 6) is -0.551. The maximum absolute atomic E-state index is 13.1. The van der Waals surface area contributed by atoms with Gasteiger partial charge in [-0.3, -0.25) is 9.78 Å². The molecular formula is C17H10F6N4O. The summed E-state index contributed by atoms with van der Waals surface area (Å²) in [5, 5.41) is 5.57. The Bertz CT molecular complexity index is 978. The van der Waals surface area contributed by atoms with Gasteiger partial charge in [0.2, 0.25) is 0 Å². The molecule has 0 aliphatic carbocycles. The Morgan fingerprint density at radius 2 is 1.50 bits per heavy atom. The molecule has 0 atom stereocenters. The summed E-state index contributed by atoms with van der Waals surface area (Å²) in [7, 11) is 0. The minimum atomic E-state index is -5.05. The highest BCUT2D eigenvalue weighted by Gasteiger charge is 2.42. The second-order valence-corrected chi connectivity index (χ2v) is 5.56. The SMILES string of the molecule is O=C(Nc1ccncc1)c1ccc(-n2nc(C(F)(F)F)cc2C(F)(F)F)cc1. The predicted octanol–water partition coefficient (Wildman–Crippen LogP) is 4.56. The third-order valence-electron chi connectivity index (χ3n) is 3.60. The van der Waals surface area contributed by atoms with E-state index < -0.39 is 29.6 Å². The minimum absolute atomic E-state index is 0.0654. The van der Waals surface area contributed by atoms with Crippen LogP contribution < -0.4 is 5.32 Å². The monoisotopic (exact) mass is 400 g/mol. The van der Waals surface area contributed by atoms with Gasteiger partial charge in [-0.2, -0.15) is 31.4 Å². The normalized spacial score (nSPS) is 12.1. The van der Waals surface area contributed by atoms with Crippen LogP contribution in [0.3, 0.4) is 0 Å². The van der Waals surface area contributed by atoms with Crippen LogP contribution in [0, 0.1) is 0 Å². The number of hydrogen-bond acceptors (Lipinski definition) is 3. The van der Waals surface area contributed by atoms with Crippen molar-refractivity contribution in [3.8, 4) is 5.69 Å². The first-order chi connectivity index (χ1) is 13.1. The summed E-state index contributed by atoms with van der Waals surface area (Å²) in [6.45, 7) is 0. The number of aromatic nitrogens is 3. The lowest BCUT2D eigenvalue weighted by atomic mass is 10.2. The number of nitrogens with zero attached hydrogens (tertiary/aromatic N) is 3. The first-order valence-corrected chi connectivity index (χ1v) is 7.62. The molecule has 0 fully saturated rings. The molecule has 146 valence electrons. The molecule has 1 N–H and O–H groups in total. The number of rotatable bonds is 3. The first-order valence-electron chi connectivity index (χ1n) is 7.62. The van der Waals surface area contributed by atoms with E-state index in [4.69, 9.17) is 0 Å². The molecule has 0 saturated heterocycles. The van der Waals surface area contributed by atoms with Crippen LogP contribution >= 0.6 is 0 Å². The summed E-state index contributed by atoms with van der Waals surface area (Å²) in [6.07, 6.45) is -7.18. The largest absolute Gasteiger partial charge is 0.435 e. The van der Waals surface area contributed by atoms with E-state index in [1.165, 1.54) is 36.7 Å². The van der Waals surface area contributed by atoms with Gasteiger partial charge in [0.05, 0.1) is 5.69 Å². The van der Waals surface area contributed by atoms with E-state index in [1.54, 1.807) is 0 Å². The van der Waals surface area contributed by atoms with Crippen LogP contribution in [0.4, 0.5) is 32.0 Å². The molecule has 0 spiro atoms. The van der Waals surface area contributed by atoms with Gasteiger partial charge in [0.15, 0.2) is 5.69 Å². The third kappa shape index (κ3) is 4.13. The number of anilines is 1. The summed E-state index contributed by atoms with van der Waals surface area (Å²) in [4.78, 5) is 15.9. The molecular weight excluding hydrogens is 390 g/mol. The molecule has 3 aromatic rings. The predicted molar refractivity (Wildman–Crippen MR) is 85.8 cm³/mol. The zero-order chi connectivity index (χ0) is 20.5. The number of benzene rings is 1. The fourth-order valence-electron chi connectivity index (χ4n) is 2.31. The highest BCUT2D eigenvalue weighted by Crippen LogP contribution is 2.36. The van der Waals surface area contributed by atoms with Gasteiger partial charge in [0.1, 0.15) is 5.69 Å². The number of carbonyl (C=O) groups excluding carboxylic acids is 1. The van der Waals surface area contributed by atoms with E-state index in [9.17, 15) is 31.1 Å². The van der Waals surface area contributed by atoms with Crippen LogP contribution in [-0.4, -0.2) is 20.7 Å². The van der Waals surface area contributed by atoms with Gasteiger partial charge in [-0.05, 0) is 36.4 Å². The lowest BCUT2D eigenvalue weighted by Crippen LogP contribution is -2.14. The number of nitrogens with one attached hydrogen (secondary N) is 1. The Kier molecular flexibility index (Phi) is 4.84. The fourth-order valence-corrected chi connectivity index (χ4v) is 2.31. The lowest BCUT2D eigenvalue weighted by molar-refractivity contribution is -0.143. The molecule has 5 nitrogen and oxygen atoms in total. The van der Waals surface area contributed by atoms with Crippen molar-refractivity contribution < 1.29 is 31.1 Å². The van der Waals surface area contributed by atoms with E-state index in [-0.39, 0.29) is 22.0 Å². The van der Waals surface area contributed by atoms with Crippen molar-refractivity contribution in [2.45, 2.75) is 12.4 Å². The molecule has 0 saturated carbocycles. The number of halogens is 6. The molecule has 0 unspecified atom stereocenters. The van der Waals surface area contributed by atoms with Crippen molar-refractivity contribution in [3.63, 3.8) is 0 Å². The molecule has 0 bridgehead atoms. The number of alkyl halides is 6. The van der Waals surface area contributed by atoms with E-state index >= 15 is 0 Å². The van der Waals surface area contributed by atoms with Gasteiger partial charge in [0, 0.05) is 29.7 Å². The van der Waals surface area contributed by atoms with E-state index in [0.29, 0.717) is 5.69 Å².